The van der Waals surface area contributed by atoms with Crippen LogP contribution in [0.3, 0.4) is 0 Å². The van der Waals surface area contributed by atoms with Gasteiger partial charge in [0.1, 0.15) is 0 Å². The molecule has 1 aromatic carbocycles. The number of rotatable bonds is 2. The fraction of sp³-hybridized carbons (Fsp3) is 0.571. The molecule has 100 valence electrons. The lowest BCUT2D eigenvalue weighted by Gasteiger charge is -2.24. The van der Waals surface area contributed by atoms with Gasteiger partial charge in [-0.25, -0.2) is 8.42 Å². The number of hydrogen-bond acceptors (Lipinski definition) is 3. The molecule has 3 nitrogen and oxygen atoms in total. The van der Waals surface area contributed by atoms with Crippen molar-refractivity contribution in [3.05, 3.63) is 28.8 Å². The second kappa shape index (κ2) is 5.02. The maximum atomic E-state index is 12.6. The topological polar surface area (TPSA) is 46.2 Å². The van der Waals surface area contributed by atoms with Gasteiger partial charge in [-0.2, -0.15) is 0 Å². The lowest BCUT2D eigenvalue weighted by atomic mass is 10.1. The van der Waals surface area contributed by atoms with E-state index < -0.39 is 9.84 Å². The Morgan fingerprint density at radius 1 is 1.11 bits per heavy atom. The van der Waals surface area contributed by atoms with Crippen LogP contribution < -0.4 is 5.32 Å². The molecule has 4 heteroatoms. The van der Waals surface area contributed by atoms with Crippen molar-refractivity contribution >= 4 is 9.84 Å². The van der Waals surface area contributed by atoms with Crippen LogP contribution in [-0.4, -0.2) is 26.8 Å². The van der Waals surface area contributed by atoms with Crippen molar-refractivity contribution in [3.8, 4) is 0 Å². The molecule has 0 aromatic heterocycles. The summed E-state index contributed by atoms with van der Waals surface area (Å²) in [7, 11) is -3.19. The first-order valence-electron chi connectivity index (χ1n) is 6.45. The molecular weight excluding hydrogens is 246 g/mol. The Kier molecular flexibility index (Phi) is 3.78. The third kappa shape index (κ3) is 2.45. The van der Waals surface area contributed by atoms with Gasteiger partial charge in [-0.1, -0.05) is 6.07 Å². The van der Waals surface area contributed by atoms with E-state index in [4.69, 9.17) is 0 Å². The third-order valence-electron chi connectivity index (χ3n) is 3.79. The van der Waals surface area contributed by atoms with Crippen molar-refractivity contribution in [2.24, 2.45) is 0 Å². The lowest BCUT2D eigenvalue weighted by molar-refractivity contribution is 0.496. The highest BCUT2D eigenvalue weighted by Gasteiger charge is 2.30. The maximum Gasteiger partial charge on any atom is 0.182 e. The van der Waals surface area contributed by atoms with E-state index in [0.717, 1.165) is 36.1 Å². The summed E-state index contributed by atoms with van der Waals surface area (Å²) >= 11 is 0. The van der Waals surface area contributed by atoms with Crippen molar-refractivity contribution in [2.75, 3.05) is 13.1 Å². The van der Waals surface area contributed by atoms with Gasteiger partial charge >= 0.3 is 0 Å². The van der Waals surface area contributed by atoms with E-state index in [2.05, 4.69) is 5.32 Å². The minimum Gasteiger partial charge on any atom is -0.315 e. The first-order valence-corrected chi connectivity index (χ1v) is 8.00. The predicted molar refractivity (Wildman–Crippen MR) is 73.7 cm³/mol. The number of piperidine rings is 1. The molecule has 0 radical (unpaired) electrons. The van der Waals surface area contributed by atoms with Gasteiger partial charge in [0.25, 0.3) is 0 Å². The zero-order valence-corrected chi connectivity index (χ0v) is 12.1. The quantitative estimate of drug-likeness (QED) is 0.893. The lowest BCUT2D eigenvalue weighted by Crippen LogP contribution is -2.39. The van der Waals surface area contributed by atoms with E-state index in [9.17, 15) is 8.42 Å². The van der Waals surface area contributed by atoms with E-state index in [0.29, 0.717) is 11.4 Å². The van der Waals surface area contributed by atoms with Gasteiger partial charge in [0, 0.05) is 6.54 Å². The largest absolute Gasteiger partial charge is 0.315 e. The molecule has 1 heterocycles. The minimum atomic E-state index is -3.19. The van der Waals surface area contributed by atoms with Gasteiger partial charge in [0.2, 0.25) is 0 Å². The molecule has 1 aliphatic heterocycles. The van der Waals surface area contributed by atoms with Crippen molar-refractivity contribution < 1.29 is 8.42 Å². The predicted octanol–water partition coefficient (Wildman–Crippen LogP) is 2.14. The second-order valence-electron chi connectivity index (χ2n) is 5.22. The number of nitrogens with one attached hydrogen (secondary N) is 1. The molecule has 0 spiro atoms. The summed E-state index contributed by atoms with van der Waals surface area (Å²) in [5.41, 5.74) is 3.06. The smallest absolute Gasteiger partial charge is 0.182 e. The number of aryl methyl sites for hydroxylation is 3. The van der Waals surface area contributed by atoms with Crippen LogP contribution in [0.15, 0.2) is 17.0 Å². The SMILES string of the molecule is Cc1cc(C)c(S(=O)(=O)C2CCCNC2)cc1C. The van der Waals surface area contributed by atoms with E-state index in [-0.39, 0.29) is 5.25 Å². The van der Waals surface area contributed by atoms with E-state index >= 15 is 0 Å². The zero-order valence-electron chi connectivity index (χ0n) is 11.3. The molecule has 1 N–H and O–H groups in total. The molecule has 1 unspecified atom stereocenters. The fourth-order valence-electron chi connectivity index (χ4n) is 2.50. The zero-order chi connectivity index (χ0) is 13.3. The summed E-state index contributed by atoms with van der Waals surface area (Å²) in [6.45, 7) is 7.37. The first-order chi connectivity index (χ1) is 8.43. The normalized spacial score (nSPS) is 20.9. The molecule has 0 bridgehead atoms. The van der Waals surface area contributed by atoms with Crippen LogP contribution in [-0.2, 0) is 9.84 Å². The van der Waals surface area contributed by atoms with Crippen LogP contribution in [0.1, 0.15) is 29.5 Å². The molecule has 0 aliphatic carbocycles. The van der Waals surface area contributed by atoms with E-state index in [1.165, 1.54) is 0 Å². The van der Waals surface area contributed by atoms with Crippen LogP contribution in [0.25, 0.3) is 0 Å². The summed E-state index contributed by atoms with van der Waals surface area (Å²) < 4.78 is 25.3. The Labute approximate surface area is 110 Å². The van der Waals surface area contributed by atoms with E-state index in [1.807, 2.05) is 32.9 Å². The van der Waals surface area contributed by atoms with Crippen molar-refractivity contribution in [1.29, 1.82) is 0 Å². The van der Waals surface area contributed by atoms with Crippen LogP contribution in [0.4, 0.5) is 0 Å². The van der Waals surface area contributed by atoms with Gasteiger partial charge in [0.05, 0.1) is 10.1 Å². The maximum absolute atomic E-state index is 12.6. The van der Waals surface area contributed by atoms with Crippen LogP contribution >= 0.6 is 0 Å². The summed E-state index contributed by atoms with van der Waals surface area (Å²) in [4.78, 5) is 0.513. The van der Waals surface area contributed by atoms with Crippen molar-refractivity contribution in [2.45, 2.75) is 43.8 Å². The minimum absolute atomic E-state index is 0.271. The van der Waals surface area contributed by atoms with Gasteiger partial charge in [0.15, 0.2) is 9.84 Å². The number of hydrogen-bond donors (Lipinski definition) is 1. The Morgan fingerprint density at radius 2 is 1.78 bits per heavy atom. The Balaban J connectivity index is 2.43. The number of sulfone groups is 1. The first kappa shape index (κ1) is 13.6. The van der Waals surface area contributed by atoms with Gasteiger partial charge in [-0.05, 0) is 62.9 Å². The molecule has 1 fully saturated rings. The Bertz CT molecular complexity index is 543. The van der Waals surface area contributed by atoms with Gasteiger partial charge in [-0.15, -0.1) is 0 Å². The van der Waals surface area contributed by atoms with Crippen molar-refractivity contribution in [1.82, 2.24) is 5.32 Å². The average molecular weight is 267 g/mol. The molecule has 0 amide bonds. The van der Waals surface area contributed by atoms with Gasteiger partial charge < -0.3 is 5.32 Å². The summed E-state index contributed by atoms with van der Waals surface area (Å²) in [6.07, 6.45) is 1.70. The molecule has 1 atom stereocenters. The summed E-state index contributed by atoms with van der Waals surface area (Å²) in [5.74, 6) is 0. The molecule has 18 heavy (non-hydrogen) atoms. The molecule has 2 rings (SSSR count). The van der Waals surface area contributed by atoms with Crippen LogP contribution in [0.2, 0.25) is 0 Å². The Morgan fingerprint density at radius 3 is 2.39 bits per heavy atom. The fourth-order valence-corrected chi connectivity index (χ4v) is 4.53. The van der Waals surface area contributed by atoms with Crippen LogP contribution in [0, 0.1) is 20.8 Å². The standard InChI is InChI=1S/C14H21NO2S/c1-10-7-12(3)14(8-11(10)2)18(16,17)13-5-4-6-15-9-13/h7-8,13,15H,4-6,9H2,1-3H3. The monoisotopic (exact) mass is 267 g/mol. The molecule has 1 aromatic rings. The van der Waals surface area contributed by atoms with E-state index in [1.54, 1.807) is 0 Å². The second-order valence-corrected chi connectivity index (χ2v) is 7.41. The third-order valence-corrected chi connectivity index (χ3v) is 6.12. The molecular formula is C14H21NO2S. The Hall–Kier alpha value is -0.870. The molecule has 1 aliphatic rings. The highest BCUT2D eigenvalue weighted by Crippen LogP contribution is 2.26. The average Bonchev–Trinajstić information content (AvgIpc) is 2.34. The van der Waals surface area contributed by atoms with Crippen molar-refractivity contribution in [3.63, 3.8) is 0 Å². The molecule has 1 saturated heterocycles. The highest BCUT2D eigenvalue weighted by atomic mass is 32.2. The van der Waals surface area contributed by atoms with Crippen LogP contribution in [0.5, 0.6) is 0 Å². The summed E-state index contributed by atoms with van der Waals surface area (Å²) in [6, 6.07) is 3.80. The van der Waals surface area contributed by atoms with Gasteiger partial charge in [-0.3, -0.25) is 0 Å². The summed E-state index contributed by atoms with van der Waals surface area (Å²) in [5, 5.41) is 2.91. The molecule has 0 saturated carbocycles. The number of benzene rings is 1. The highest BCUT2D eigenvalue weighted by molar-refractivity contribution is 7.92.